The molecule has 0 atom stereocenters. The largest absolute Gasteiger partial charge is 0.380 e. The Labute approximate surface area is 153 Å². The lowest BCUT2D eigenvalue weighted by Crippen LogP contribution is -1.89. The lowest BCUT2D eigenvalue weighted by molar-refractivity contribution is 0.232. The molecule has 0 aromatic heterocycles. The van der Waals surface area contributed by atoms with Crippen LogP contribution in [0.15, 0.2) is 12.3 Å². The number of hydrogen-bond donors (Lipinski definition) is 0. The van der Waals surface area contributed by atoms with Crippen molar-refractivity contribution < 1.29 is 4.74 Å². The Kier molecular flexibility index (Phi) is 12.3. The third-order valence-electron chi connectivity index (χ3n) is 1.33. The molecule has 0 aromatic rings. The summed E-state index contributed by atoms with van der Waals surface area (Å²) in [6, 6.07) is 0. The monoisotopic (exact) mass is 756 g/mol. The second kappa shape index (κ2) is 10.1. The maximum absolute atomic E-state index is 5.09. The van der Waals surface area contributed by atoms with Gasteiger partial charge in [0.2, 0.25) is 0 Å². The Morgan fingerprint density at radius 1 is 0.857 bits per heavy atom. The lowest BCUT2D eigenvalue weighted by atomic mass is 10.3. The molecule has 0 unspecified atom stereocenters. The second-order valence-corrected chi connectivity index (χ2v) is 10.5. The fourth-order valence-corrected chi connectivity index (χ4v) is 2.47. The van der Waals surface area contributed by atoms with Gasteiger partial charge in [0.05, 0.1) is 8.19 Å². The van der Waals surface area contributed by atoms with E-state index in [1.54, 1.807) is 7.11 Å². The van der Waals surface area contributed by atoms with Crippen molar-refractivity contribution >= 4 is 113 Å². The van der Waals surface area contributed by atoms with Crippen LogP contribution < -0.4 is 0 Å². The Morgan fingerprint density at radius 3 is 1.79 bits per heavy atom. The van der Waals surface area contributed by atoms with Gasteiger partial charge in [0, 0.05) is 17.8 Å². The molecule has 0 aliphatic carbocycles. The van der Waals surface area contributed by atoms with E-state index in [4.69, 9.17) is 4.74 Å². The zero-order valence-electron chi connectivity index (χ0n) is 7.42. The van der Waals surface area contributed by atoms with Gasteiger partial charge in [0.25, 0.3) is 0 Å². The molecule has 0 fully saturated rings. The number of methoxy groups -OCH3 is 1. The van der Waals surface area contributed by atoms with Gasteiger partial charge in [-0.1, -0.05) is 0 Å². The third kappa shape index (κ3) is 8.22. The van der Waals surface area contributed by atoms with E-state index in [1.807, 2.05) is 0 Å². The average Bonchev–Trinajstić information content (AvgIpc) is 2.13. The van der Waals surface area contributed by atoms with Crippen molar-refractivity contribution in [3.05, 3.63) is 12.3 Å². The van der Waals surface area contributed by atoms with Crippen molar-refractivity contribution in [2.45, 2.75) is 12.8 Å². The standard InChI is InChI=1S/C8H9I5O/c1-14-4-7(11)5(9)2-3-6(10)8(12)13/h2-4H2,1H3/b7-5+. The molecule has 0 spiro atoms. The minimum atomic E-state index is 0.737. The van der Waals surface area contributed by atoms with Crippen LogP contribution in [0.1, 0.15) is 12.8 Å². The molecule has 82 valence electrons. The first-order valence-electron chi connectivity index (χ1n) is 3.70. The van der Waals surface area contributed by atoms with Gasteiger partial charge in [0.1, 0.15) is 0 Å². The summed E-state index contributed by atoms with van der Waals surface area (Å²) in [7, 11) is 1.74. The van der Waals surface area contributed by atoms with E-state index in [-0.39, 0.29) is 0 Å². The Morgan fingerprint density at radius 2 is 1.36 bits per heavy atom. The normalized spacial score (nSPS) is 12.4. The fourth-order valence-electron chi connectivity index (χ4n) is 0.655. The summed E-state index contributed by atoms with van der Waals surface area (Å²) < 4.78 is 10.6. The summed E-state index contributed by atoms with van der Waals surface area (Å²) in [4.78, 5) is 0. The highest BCUT2D eigenvalue weighted by atomic mass is 127. The van der Waals surface area contributed by atoms with E-state index in [0.717, 1.165) is 19.4 Å². The molecule has 0 saturated heterocycles. The Balaban J connectivity index is 4.14. The summed E-state index contributed by atoms with van der Waals surface area (Å²) in [6.45, 7) is 0.737. The summed E-state index contributed by atoms with van der Waals surface area (Å²) in [6.07, 6.45) is 2.26. The van der Waals surface area contributed by atoms with Crippen molar-refractivity contribution in [3.8, 4) is 0 Å². The summed E-state index contributed by atoms with van der Waals surface area (Å²) in [5.41, 5.74) is 0. The fraction of sp³-hybridized carbons (Fsp3) is 0.500. The lowest BCUT2D eigenvalue weighted by Gasteiger charge is -2.04. The number of allylic oxidation sites excluding steroid dienone is 2. The minimum Gasteiger partial charge on any atom is -0.380 e. The smallest absolute Gasteiger partial charge is 0.0777 e. The summed E-state index contributed by atoms with van der Waals surface area (Å²) in [5.74, 6) is 0. The van der Waals surface area contributed by atoms with Gasteiger partial charge >= 0.3 is 0 Å². The Hall–Kier alpha value is 3.09. The van der Waals surface area contributed by atoms with Gasteiger partial charge < -0.3 is 4.74 Å². The number of ether oxygens (including phenoxy) is 1. The SMILES string of the molecule is COC/C(I)=C(\I)CCC(I)=C(I)I. The van der Waals surface area contributed by atoms with Crippen LogP contribution in [0, 0.1) is 0 Å². The molecule has 6 heteroatoms. The number of halogens is 5. The van der Waals surface area contributed by atoms with Crippen LogP contribution in [-0.2, 0) is 4.74 Å². The van der Waals surface area contributed by atoms with Crippen LogP contribution in [0.4, 0.5) is 0 Å². The molecular weight excluding hydrogens is 747 g/mol. The van der Waals surface area contributed by atoms with Gasteiger partial charge in [-0.05, 0) is 126 Å². The van der Waals surface area contributed by atoms with Crippen LogP contribution in [0.5, 0.6) is 0 Å². The number of hydrogen-bond acceptors (Lipinski definition) is 1. The summed E-state index contributed by atoms with van der Waals surface area (Å²) in [5, 5.41) is 0. The molecule has 0 N–H and O–H groups in total. The highest BCUT2D eigenvalue weighted by molar-refractivity contribution is 14.2. The summed E-state index contributed by atoms with van der Waals surface area (Å²) >= 11 is 11.9. The van der Waals surface area contributed by atoms with Crippen molar-refractivity contribution in [3.63, 3.8) is 0 Å². The molecule has 0 radical (unpaired) electrons. The highest BCUT2D eigenvalue weighted by Gasteiger charge is 2.03. The average molecular weight is 756 g/mol. The molecular formula is C8H9I5O. The first-order chi connectivity index (χ1) is 6.49. The van der Waals surface area contributed by atoms with Gasteiger partial charge in [-0.25, -0.2) is 0 Å². The van der Waals surface area contributed by atoms with Crippen LogP contribution >= 0.6 is 113 Å². The van der Waals surface area contributed by atoms with Crippen LogP contribution in [0.25, 0.3) is 0 Å². The van der Waals surface area contributed by atoms with Gasteiger partial charge in [-0.3, -0.25) is 0 Å². The maximum Gasteiger partial charge on any atom is 0.0777 e. The van der Waals surface area contributed by atoms with E-state index >= 15 is 0 Å². The first kappa shape index (κ1) is 17.1. The predicted octanol–water partition coefficient (Wildman–Crippen LogP) is 5.97. The molecule has 0 rings (SSSR count). The van der Waals surface area contributed by atoms with Gasteiger partial charge in [0.15, 0.2) is 0 Å². The Bertz CT molecular complexity index is 242. The van der Waals surface area contributed by atoms with Crippen LogP contribution in [0.2, 0.25) is 0 Å². The molecule has 0 bridgehead atoms. The second-order valence-electron chi connectivity index (χ2n) is 2.41. The predicted molar refractivity (Wildman–Crippen MR) is 105 cm³/mol. The maximum atomic E-state index is 5.09. The van der Waals surface area contributed by atoms with Gasteiger partial charge in [-0.2, -0.15) is 0 Å². The van der Waals surface area contributed by atoms with E-state index < -0.39 is 0 Å². The molecule has 0 aliphatic rings. The third-order valence-corrected chi connectivity index (χ3v) is 8.96. The zero-order valence-corrected chi connectivity index (χ0v) is 18.2. The minimum absolute atomic E-state index is 0.737. The quantitative estimate of drug-likeness (QED) is 0.315. The molecule has 0 aliphatic heterocycles. The highest BCUT2D eigenvalue weighted by Crippen LogP contribution is 2.32. The van der Waals surface area contributed by atoms with Crippen molar-refractivity contribution in [1.82, 2.24) is 0 Å². The number of rotatable bonds is 5. The zero-order chi connectivity index (χ0) is 11.1. The van der Waals surface area contributed by atoms with E-state index in [1.165, 1.54) is 12.3 Å². The molecule has 0 heterocycles. The van der Waals surface area contributed by atoms with Crippen LogP contribution in [0.3, 0.4) is 0 Å². The molecule has 0 saturated carbocycles. The molecule has 0 amide bonds. The van der Waals surface area contributed by atoms with Crippen molar-refractivity contribution in [2.75, 3.05) is 13.7 Å². The van der Waals surface area contributed by atoms with Crippen LogP contribution in [-0.4, -0.2) is 13.7 Å². The van der Waals surface area contributed by atoms with Crippen molar-refractivity contribution in [2.24, 2.45) is 0 Å². The molecule has 14 heavy (non-hydrogen) atoms. The molecule has 1 nitrogen and oxygen atoms in total. The molecule has 0 aromatic carbocycles. The first-order valence-corrected chi connectivity index (χ1v) is 9.10. The topological polar surface area (TPSA) is 9.23 Å². The van der Waals surface area contributed by atoms with Crippen molar-refractivity contribution in [1.29, 1.82) is 0 Å². The van der Waals surface area contributed by atoms with E-state index in [2.05, 4.69) is 113 Å². The van der Waals surface area contributed by atoms with E-state index in [0.29, 0.717) is 0 Å². The van der Waals surface area contributed by atoms with Gasteiger partial charge in [-0.15, -0.1) is 0 Å². The van der Waals surface area contributed by atoms with E-state index in [9.17, 15) is 0 Å².